The van der Waals surface area contributed by atoms with Crippen LogP contribution in [0.1, 0.15) is 21.7 Å². The van der Waals surface area contributed by atoms with Gasteiger partial charge in [-0.2, -0.15) is 0 Å². The summed E-state index contributed by atoms with van der Waals surface area (Å²) in [4.78, 5) is 12.3. The number of fused-ring (bicyclic) bond motifs is 1. The number of rotatable bonds is 3. The molecule has 0 radical (unpaired) electrons. The van der Waals surface area contributed by atoms with Gasteiger partial charge in [-0.15, -0.1) is 0 Å². The second-order valence-electron chi connectivity index (χ2n) is 4.48. The number of furan rings is 1. The van der Waals surface area contributed by atoms with Gasteiger partial charge in [0.25, 0.3) is 0 Å². The number of benzene rings is 2. The van der Waals surface area contributed by atoms with Crippen LogP contribution in [0, 0.1) is 0 Å². The minimum atomic E-state index is -0.191. The molecule has 0 atom stereocenters. The molecule has 0 saturated carbocycles. The first kappa shape index (κ1) is 12.9. The molecule has 3 nitrogen and oxygen atoms in total. The number of carbonyl (C=O) groups is 1. The number of hydrogen-bond donors (Lipinski definition) is 1. The van der Waals surface area contributed by atoms with Crippen molar-refractivity contribution in [3.05, 3.63) is 70.4 Å². The first-order chi connectivity index (χ1) is 9.67. The van der Waals surface area contributed by atoms with Crippen LogP contribution < -0.4 is 0 Å². The molecule has 20 heavy (non-hydrogen) atoms. The van der Waals surface area contributed by atoms with E-state index in [4.69, 9.17) is 21.1 Å². The summed E-state index contributed by atoms with van der Waals surface area (Å²) in [6.07, 6.45) is 0. The van der Waals surface area contributed by atoms with Crippen LogP contribution in [0.3, 0.4) is 0 Å². The maximum absolute atomic E-state index is 12.3. The summed E-state index contributed by atoms with van der Waals surface area (Å²) in [5, 5.41) is 10.5. The number of ketones is 1. The first-order valence-corrected chi connectivity index (χ1v) is 6.49. The topological polar surface area (TPSA) is 50.4 Å². The van der Waals surface area contributed by atoms with Crippen molar-refractivity contribution in [2.24, 2.45) is 0 Å². The van der Waals surface area contributed by atoms with Gasteiger partial charge in [0, 0.05) is 16.0 Å². The van der Waals surface area contributed by atoms with E-state index in [0.29, 0.717) is 16.2 Å². The molecule has 0 bridgehead atoms. The first-order valence-electron chi connectivity index (χ1n) is 6.11. The second kappa shape index (κ2) is 5.12. The van der Waals surface area contributed by atoms with Crippen LogP contribution >= 0.6 is 11.6 Å². The van der Waals surface area contributed by atoms with E-state index in [9.17, 15) is 4.79 Å². The minimum Gasteiger partial charge on any atom is -0.453 e. The normalized spacial score (nSPS) is 10.9. The summed E-state index contributed by atoms with van der Waals surface area (Å²) < 4.78 is 5.55. The van der Waals surface area contributed by atoms with Gasteiger partial charge in [0.2, 0.25) is 5.78 Å². The monoisotopic (exact) mass is 286 g/mol. The molecule has 2 aromatic carbocycles. The Labute approximate surface area is 120 Å². The molecule has 0 fully saturated rings. The molecule has 0 amide bonds. The average Bonchev–Trinajstić information content (AvgIpc) is 2.90. The van der Waals surface area contributed by atoms with Gasteiger partial charge in [-0.1, -0.05) is 17.7 Å². The lowest BCUT2D eigenvalue weighted by Crippen LogP contribution is -1.98. The molecule has 0 saturated heterocycles. The van der Waals surface area contributed by atoms with Crippen LogP contribution in [0.4, 0.5) is 0 Å². The Hall–Kier alpha value is -2.10. The van der Waals surface area contributed by atoms with Crippen molar-refractivity contribution in [1.29, 1.82) is 0 Å². The molecule has 3 rings (SSSR count). The van der Waals surface area contributed by atoms with Gasteiger partial charge < -0.3 is 9.52 Å². The van der Waals surface area contributed by atoms with E-state index < -0.39 is 0 Å². The third-order valence-electron chi connectivity index (χ3n) is 3.09. The third kappa shape index (κ3) is 2.33. The van der Waals surface area contributed by atoms with Crippen molar-refractivity contribution < 1.29 is 14.3 Å². The summed E-state index contributed by atoms with van der Waals surface area (Å²) in [5.74, 6) is 0.0841. The van der Waals surface area contributed by atoms with E-state index in [0.717, 1.165) is 10.9 Å². The number of hydrogen-bond acceptors (Lipinski definition) is 3. The Morgan fingerprint density at radius 2 is 1.85 bits per heavy atom. The van der Waals surface area contributed by atoms with Crippen LogP contribution in [0.15, 0.2) is 52.9 Å². The molecular formula is C16H11ClO3. The molecule has 1 N–H and O–H groups in total. The fraction of sp³-hybridized carbons (Fsp3) is 0.0625. The van der Waals surface area contributed by atoms with Gasteiger partial charge in [-0.3, -0.25) is 4.79 Å². The average molecular weight is 287 g/mol. The summed E-state index contributed by atoms with van der Waals surface area (Å²) >= 11 is 5.80. The molecule has 0 unspecified atom stereocenters. The quantitative estimate of drug-likeness (QED) is 0.745. The van der Waals surface area contributed by atoms with E-state index in [-0.39, 0.29) is 18.2 Å². The molecular weight excluding hydrogens is 276 g/mol. The standard InChI is InChI=1S/C16H11ClO3/c17-13-4-2-11(3-5-13)16(19)15-8-12-7-10(9-18)1-6-14(12)20-15/h1-8,18H,9H2. The van der Waals surface area contributed by atoms with Gasteiger partial charge in [-0.25, -0.2) is 0 Å². The molecule has 0 aliphatic carbocycles. The van der Waals surface area contributed by atoms with Crippen LogP contribution in [-0.2, 0) is 6.61 Å². The fourth-order valence-corrected chi connectivity index (χ4v) is 2.17. The van der Waals surface area contributed by atoms with Crippen LogP contribution in [-0.4, -0.2) is 10.9 Å². The summed E-state index contributed by atoms with van der Waals surface area (Å²) in [5.41, 5.74) is 1.93. The van der Waals surface area contributed by atoms with E-state index in [1.54, 1.807) is 48.5 Å². The number of carbonyl (C=O) groups excluding carboxylic acids is 1. The minimum absolute atomic E-state index is 0.0401. The molecule has 100 valence electrons. The SMILES string of the molecule is O=C(c1ccc(Cl)cc1)c1cc2cc(CO)ccc2o1. The van der Waals surface area contributed by atoms with Crippen molar-refractivity contribution in [2.45, 2.75) is 6.61 Å². The Bertz CT molecular complexity index is 772. The predicted octanol–water partition coefficient (Wildman–Crippen LogP) is 3.81. The lowest BCUT2D eigenvalue weighted by molar-refractivity contribution is 0.101. The van der Waals surface area contributed by atoms with E-state index >= 15 is 0 Å². The smallest absolute Gasteiger partial charge is 0.228 e. The molecule has 4 heteroatoms. The number of halogens is 1. The van der Waals surface area contributed by atoms with Crippen molar-refractivity contribution in [3.63, 3.8) is 0 Å². The highest BCUT2D eigenvalue weighted by molar-refractivity contribution is 6.30. The Kier molecular flexibility index (Phi) is 3.30. The second-order valence-corrected chi connectivity index (χ2v) is 4.91. The fourth-order valence-electron chi connectivity index (χ4n) is 2.05. The van der Waals surface area contributed by atoms with E-state index in [1.165, 1.54) is 0 Å². The van der Waals surface area contributed by atoms with E-state index in [1.807, 2.05) is 0 Å². The van der Waals surface area contributed by atoms with Crippen molar-refractivity contribution in [2.75, 3.05) is 0 Å². The Morgan fingerprint density at radius 1 is 1.10 bits per heavy atom. The highest BCUT2D eigenvalue weighted by atomic mass is 35.5. The zero-order valence-electron chi connectivity index (χ0n) is 10.5. The van der Waals surface area contributed by atoms with Gasteiger partial charge in [0.05, 0.1) is 6.61 Å². The Balaban J connectivity index is 2.01. The van der Waals surface area contributed by atoms with Gasteiger partial charge in [0.15, 0.2) is 5.76 Å². The Morgan fingerprint density at radius 3 is 2.55 bits per heavy atom. The van der Waals surface area contributed by atoms with E-state index in [2.05, 4.69) is 0 Å². The van der Waals surface area contributed by atoms with Crippen molar-refractivity contribution in [3.8, 4) is 0 Å². The van der Waals surface area contributed by atoms with Crippen LogP contribution in [0.25, 0.3) is 11.0 Å². The maximum Gasteiger partial charge on any atom is 0.228 e. The zero-order chi connectivity index (χ0) is 14.1. The molecule has 1 aromatic heterocycles. The summed E-state index contributed by atoms with van der Waals surface area (Å²) in [7, 11) is 0. The highest BCUT2D eigenvalue weighted by Crippen LogP contribution is 2.23. The van der Waals surface area contributed by atoms with Crippen molar-refractivity contribution in [1.82, 2.24) is 0 Å². The molecule has 3 aromatic rings. The summed E-state index contributed by atoms with van der Waals surface area (Å²) in [6.45, 7) is -0.0401. The highest BCUT2D eigenvalue weighted by Gasteiger charge is 2.14. The molecule has 1 heterocycles. The third-order valence-corrected chi connectivity index (χ3v) is 3.35. The van der Waals surface area contributed by atoms with Crippen LogP contribution in [0.5, 0.6) is 0 Å². The summed E-state index contributed by atoms with van der Waals surface area (Å²) in [6, 6.07) is 13.7. The predicted molar refractivity (Wildman–Crippen MR) is 77.0 cm³/mol. The lowest BCUT2D eigenvalue weighted by Gasteiger charge is -1.97. The molecule has 0 spiro atoms. The van der Waals surface area contributed by atoms with Crippen molar-refractivity contribution >= 4 is 28.4 Å². The van der Waals surface area contributed by atoms with Gasteiger partial charge in [0.1, 0.15) is 5.58 Å². The zero-order valence-corrected chi connectivity index (χ0v) is 11.2. The lowest BCUT2D eigenvalue weighted by atomic mass is 10.1. The van der Waals surface area contributed by atoms with Gasteiger partial charge in [-0.05, 0) is 48.0 Å². The maximum atomic E-state index is 12.3. The number of aliphatic hydroxyl groups is 1. The largest absolute Gasteiger partial charge is 0.453 e. The molecule has 0 aliphatic heterocycles. The number of aliphatic hydroxyl groups excluding tert-OH is 1. The van der Waals surface area contributed by atoms with Crippen LogP contribution in [0.2, 0.25) is 5.02 Å². The van der Waals surface area contributed by atoms with Gasteiger partial charge >= 0.3 is 0 Å². The molecule has 0 aliphatic rings.